The van der Waals surface area contributed by atoms with Crippen molar-refractivity contribution in [2.75, 3.05) is 13.2 Å². The van der Waals surface area contributed by atoms with E-state index in [2.05, 4.69) is 4.98 Å². The van der Waals surface area contributed by atoms with Crippen molar-refractivity contribution in [3.8, 4) is 17.3 Å². The minimum absolute atomic E-state index is 0.0421. The van der Waals surface area contributed by atoms with Crippen molar-refractivity contribution in [1.29, 1.82) is 5.26 Å². The van der Waals surface area contributed by atoms with Crippen LogP contribution >= 0.6 is 9.03 Å². The van der Waals surface area contributed by atoms with E-state index in [0.29, 0.717) is 31.6 Å². The Balaban J connectivity index is 1.39. The molecule has 0 aliphatic carbocycles. The molecular weight excluding hydrogens is 503 g/mol. The molecule has 38 heavy (non-hydrogen) atoms. The van der Waals surface area contributed by atoms with Crippen molar-refractivity contribution in [3.05, 3.63) is 93.7 Å². The van der Waals surface area contributed by atoms with Crippen molar-refractivity contribution < 1.29 is 20.1 Å². The molecular formula is C28H27N4O5P. The predicted molar refractivity (Wildman–Crippen MR) is 146 cm³/mol. The molecule has 3 aromatic rings. The number of hydrogen-bond acceptors (Lipinski definition) is 7. The smallest absolute Gasteiger partial charge is 0.269 e. The Hall–Kier alpha value is -3.96. The summed E-state index contributed by atoms with van der Waals surface area (Å²) in [6, 6.07) is 20.9. The van der Waals surface area contributed by atoms with E-state index in [4.69, 9.17) is 15.7 Å². The van der Waals surface area contributed by atoms with Gasteiger partial charge in [-0.2, -0.15) is 5.26 Å². The van der Waals surface area contributed by atoms with Gasteiger partial charge in [0.15, 0.2) is 9.03 Å². The summed E-state index contributed by atoms with van der Waals surface area (Å²) in [5, 5.41) is 19.4. The summed E-state index contributed by atoms with van der Waals surface area (Å²) in [6.45, 7) is 0.794. The molecule has 0 N–H and O–H groups in total. The van der Waals surface area contributed by atoms with Crippen molar-refractivity contribution in [1.82, 2.24) is 9.88 Å². The molecule has 1 aromatic heterocycles. The Morgan fingerprint density at radius 1 is 1.24 bits per heavy atom. The maximum Gasteiger partial charge on any atom is 0.269 e. The number of carbonyl (C=O) groups is 1. The number of carbonyl (C=O) groups excluding carboxylic acids is 1. The summed E-state index contributed by atoms with van der Waals surface area (Å²) in [4.78, 5) is 30.0. The van der Waals surface area contributed by atoms with E-state index in [9.17, 15) is 14.9 Å². The van der Waals surface area contributed by atoms with Crippen LogP contribution in [0.1, 0.15) is 42.7 Å². The SMILES string of the molecule is [2H]C[C@@H]1C[C@@H](OPOCCC#N)CN1C(=O)c1ccc(-c2cccc(/C=C/c3ccc([N+](=O)[O-])cc3)n2)cc1. The van der Waals surface area contributed by atoms with Crippen LogP contribution in [-0.4, -0.2) is 46.0 Å². The largest absolute Gasteiger partial charge is 0.335 e. The second-order valence-corrected chi connectivity index (χ2v) is 9.32. The Morgan fingerprint density at radius 3 is 2.74 bits per heavy atom. The van der Waals surface area contributed by atoms with Gasteiger partial charge in [0.1, 0.15) is 0 Å². The van der Waals surface area contributed by atoms with Crippen LogP contribution in [0.15, 0.2) is 66.7 Å². The summed E-state index contributed by atoms with van der Waals surface area (Å²) < 4.78 is 18.9. The summed E-state index contributed by atoms with van der Waals surface area (Å²) in [6.07, 6.45) is 4.36. The third kappa shape index (κ3) is 7.08. The number of non-ortho nitro benzene ring substituents is 1. The normalized spacial score (nSPS) is 17.7. The number of hydrogen-bond donors (Lipinski definition) is 0. The average Bonchev–Trinajstić information content (AvgIpc) is 3.39. The number of nitro benzene ring substituents is 1. The van der Waals surface area contributed by atoms with Gasteiger partial charge in [0.2, 0.25) is 0 Å². The fourth-order valence-electron chi connectivity index (χ4n) is 3.99. The fraction of sp³-hybridized carbons (Fsp3) is 0.250. The van der Waals surface area contributed by atoms with E-state index in [1.165, 1.54) is 12.1 Å². The summed E-state index contributed by atoms with van der Waals surface area (Å²) in [5.74, 6) is -0.147. The summed E-state index contributed by atoms with van der Waals surface area (Å²) in [5.41, 5.74) is 3.72. The molecule has 9 nitrogen and oxygen atoms in total. The van der Waals surface area contributed by atoms with Crippen LogP contribution in [-0.2, 0) is 9.05 Å². The number of nitrogens with zero attached hydrogens (tertiary/aromatic N) is 4. The van der Waals surface area contributed by atoms with Gasteiger partial charge in [-0.3, -0.25) is 14.9 Å². The Morgan fingerprint density at radius 2 is 2.03 bits per heavy atom. The van der Waals surface area contributed by atoms with Gasteiger partial charge < -0.3 is 13.9 Å². The molecule has 0 spiro atoms. The van der Waals surface area contributed by atoms with Gasteiger partial charge in [0.05, 0.1) is 41.5 Å². The van der Waals surface area contributed by atoms with Gasteiger partial charge in [-0.05, 0) is 61.4 Å². The van der Waals surface area contributed by atoms with Gasteiger partial charge in [-0.15, -0.1) is 0 Å². The first-order valence-corrected chi connectivity index (χ1v) is 12.8. The number of likely N-dealkylation sites (tertiary alicyclic amines) is 1. The number of benzene rings is 2. The molecule has 1 saturated heterocycles. The zero-order chi connectivity index (χ0) is 27.6. The number of aromatic nitrogens is 1. The topological polar surface area (TPSA) is 119 Å². The number of rotatable bonds is 10. The van der Waals surface area contributed by atoms with Gasteiger partial charge >= 0.3 is 0 Å². The van der Waals surface area contributed by atoms with Crippen molar-refractivity contribution in [2.45, 2.75) is 31.9 Å². The summed E-state index contributed by atoms with van der Waals surface area (Å²) in [7, 11) is -0.199. The second kappa shape index (κ2) is 13.0. The zero-order valence-corrected chi connectivity index (χ0v) is 21.5. The Kier molecular flexibility index (Phi) is 8.80. The lowest BCUT2D eigenvalue weighted by atomic mass is 10.1. The lowest BCUT2D eigenvalue weighted by Crippen LogP contribution is -2.34. The van der Waals surface area contributed by atoms with Crippen molar-refractivity contribution in [2.24, 2.45) is 0 Å². The first kappa shape index (κ1) is 25.7. The highest BCUT2D eigenvalue weighted by Gasteiger charge is 2.33. The van der Waals surface area contributed by atoms with Crippen LogP contribution in [0.4, 0.5) is 5.69 Å². The maximum atomic E-state index is 13.2. The van der Waals surface area contributed by atoms with Gasteiger partial charge in [-0.1, -0.05) is 24.3 Å². The molecule has 1 aliphatic rings. The van der Waals surface area contributed by atoms with E-state index >= 15 is 0 Å². The Bertz CT molecular complexity index is 1360. The van der Waals surface area contributed by atoms with Gasteiger partial charge in [0, 0.05) is 37.2 Å². The molecule has 3 atom stereocenters. The zero-order valence-electron chi connectivity index (χ0n) is 21.5. The standard InChI is InChI=1S/C28H27N4O5P/c1-20-18-26(37-38-36-17-3-16-29)19-31(20)28(33)23-11-9-22(10-12-23)27-5-2-4-24(30-27)13-6-21-7-14-25(15-8-21)32(34)35/h2,4-15,20,26,38H,3,17-19H2,1H3/b13-6+/t20-,26-/m1/s1/i1D. The highest BCUT2D eigenvalue weighted by Crippen LogP contribution is 2.28. The number of pyridine rings is 1. The van der Waals surface area contributed by atoms with Crippen LogP contribution < -0.4 is 0 Å². The second-order valence-electron chi connectivity index (χ2n) is 8.63. The number of nitriles is 1. The lowest BCUT2D eigenvalue weighted by molar-refractivity contribution is -0.384. The lowest BCUT2D eigenvalue weighted by Gasteiger charge is -2.21. The van der Waals surface area contributed by atoms with Crippen LogP contribution in [0, 0.1) is 21.4 Å². The molecule has 2 heterocycles. The van der Waals surface area contributed by atoms with Gasteiger partial charge in [-0.25, -0.2) is 4.98 Å². The minimum atomic E-state index is -0.431. The molecule has 4 rings (SSSR count). The first-order chi connectivity index (χ1) is 19.0. The molecule has 1 aliphatic heterocycles. The third-order valence-electron chi connectivity index (χ3n) is 5.98. The monoisotopic (exact) mass is 531 g/mol. The quantitative estimate of drug-likeness (QED) is 0.139. The Labute approximate surface area is 224 Å². The summed E-state index contributed by atoms with van der Waals surface area (Å²) >= 11 is 0. The third-order valence-corrected chi connectivity index (χ3v) is 6.73. The molecule has 0 radical (unpaired) electrons. The van der Waals surface area contributed by atoms with Gasteiger partial charge in [0.25, 0.3) is 11.6 Å². The first-order valence-electron chi connectivity index (χ1n) is 12.7. The fourth-order valence-corrected chi connectivity index (χ4v) is 4.55. The molecule has 1 amide bonds. The van der Waals surface area contributed by atoms with E-state index in [1.807, 2.05) is 48.6 Å². The molecule has 194 valence electrons. The maximum absolute atomic E-state index is 13.2. The van der Waals surface area contributed by atoms with Crippen LogP contribution in [0.5, 0.6) is 0 Å². The molecule has 0 saturated carbocycles. The predicted octanol–water partition coefficient (Wildman–Crippen LogP) is 5.89. The van der Waals surface area contributed by atoms with E-state index in [1.54, 1.807) is 29.2 Å². The van der Waals surface area contributed by atoms with E-state index < -0.39 is 4.92 Å². The average molecular weight is 532 g/mol. The van der Waals surface area contributed by atoms with E-state index in [0.717, 1.165) is 22.5 Å². The number of nitro groups is 1. The van der Waals surface area contributed by atoms with Crippen LogP contribution in [0.25, 0.3) is 23.4 Å². The number of amides is 1. The molecule has 1 unspecified atom stereocenters. The molecule has 10 heteroatoms. The minimum Gasteiger partial charge on any atom is -0.335 e. The molecule has 1 fully saturated rings. The highest BCUT2D eigenvalue weighted by atomic mass is 31.1. The van der Waals surface area contributed by atoms with Crippen molar-refractivity contribution in [3.63, 3.8) is 0 Å². The molecule has 2 aromatic carbocycles. The van der Waals surface area contributed by atoms with E-state index in [-0.39, 0.29) is 39.7 Å². The van der Waals surface area contributed by atoms with Crippen LogP contribution in [0.3, 0.4) is 0 Å². The van der Waals surface area contributed by atoms with Crippen molar-refractivity contribution >= 4 is 32.8 Å². The van der Waals surface area contributed by atoms with Crippen LogP contribution in [0.2, 0.25) is 0 Å². The molecule has 0 bridgehead atoms. The highest BCUT2D eigenvalue weighted by molar-refractivity contribution is 7.26.